The molecule has 0 fully saturated rings. The highest BCUT2D eigenvalue weighted by molar-refractivity contribution is 5.82. The van der Waals surface area contributed by atoms with Crippen LogP contribution in [-0.2, 0) is 4.79 Å². The maximum Gasteiger partial charge on any atom is 0.211 e. The van der Waals surface area contributed by atoms with Crippen molar-refractivity contribution < 1.29 is 9.53 Å². The Balaban J connectivity index is 3.09. The van der Waals surface area contributed by atoms with Crippen LogP contribution in [-0.4, -0.2) is 20.1 Å². The van der Waals surface area contributed by atoms with Gasteiger partial charge in [-0.25, -0.2) is 0 Å². The molecule has 0 radical (unpaired) electrons. The molecule has 0 aromatic heterocycles. The van der Waals surface area contributed by atoms with Crippen molar-refractivity contribution in [3.05, 3.63) is 17.7 Å². The number of aryl methyl sites for hydroxylation is 1. The number of amides is 1. The number of ether oxygens (including phenoxy) is 1. The number of hydrogen-bond acceptors (Lipinski definition) is 3. The van der Waals surface area contributed by atoms with Crippen molar-refractivity contribution >= 4 is 17.8 Å². The van der Waals surface area contributed by atoms with Gasteiger partial charge in [0.2, 0.25) is 6.41 Å². The Hall–Kier alpha value is -1.71. The van der Waals surface area contributed by atoms with E-state index in [4.69, 9.17) is 4.74 Å². The summed E-state index contributed by atoms with van der Waals surface area (Å²) in [7, 11) is 1.80. The van der Waals surface area contributed by atoms with Crippen LogP contribution >= 0.6 is 0 Å². The molecule has 82 valence electrons. The fourth-order valence-corrected chi connectivity index (χ4v) is 1.39. The number of anilines is 2. The summed E-state index contributed by atoms with van der Waals surface area (Å²) in [5.41, 5.74) is 2.60. The zero-order chi connectivity index (χ0) is 11.3. The Morgan fingerprint density at radius 1 is 1.40 bits per heavy atom. The summed E-state index contributed by atoms with van der Waals surface area (Å²) in [4.78, 5) is 10.4. The zero-order valence-corrected chi connectivity index (χ0v) is 9.26. The van der Waals surface area contributed by atoms with Crippen molar-refractivity contribution in [1.82, 2.24) is 0 Å². The first-order valence-corrected chi connectivity index (χ1v) is 4.88. The molecule has 2 N–H and O–H groups in total. The van der Waals surface area contributed by atoms with E-state index in [2.05, 4.69) is 10.6 Å². The summed E-state index contributed by atoms with van der Waals surface area (Å²) in [5, 5.41) is 5.64. The van der Waals surface area contributed by atoms with E-state index in [0.717, 1.165) is 22.7 Å². The fourth-order valence-electron chi connectivity index (χ4n) is 1.39. The molecule has 0 bridgehead atoms. The van der Waals surface area contributed by atoms with Gasteiger partial charge in [-0.3, -0.25) is 4.79 Å². The summed E-state index contributed by atoms with van der Waals surface area (Å²) in [6.07, 6.45) is 0.663. The van der Waals surface area contributed by atoms with Gasteiger partial charge in [0.25, 0.3) is 0 Å². The average molecular weight is 208 g/mol. The Labute approximate surface area is 89.6 Å². The molecular formula is C11H16N2O2. The van der Waals surface area contributed by atoms with Crippen LogP contribution in [0.25, 0.3) is 0 Å². The third kappa shape index (κ3) is 2.62. The van der Waals surface area contributed by atoms with Crippen LogP contribution in [0.4, 0.5) is 11.4 Å². The Bertz CT molecular complexity index is 351. The molecule has 4 heteroatoms. The first kappa shape index (κ1) is 11.4. The van der Waals surface area contributed by atoms with Gasteiger partial charge in [0.05, 0.1) is 18.0 Å². The summed E-state index contributed by atoms with van der Waals surface area (Å²) < 4.78 is 5.46. The van der Waals surface area contributed by atoms with Crippen LogP contribution in [0.2, 0.25) is 0 Å². The van der Waals surface area contributed by atoms with Gasteiger partial charge in [0.15, 0.2) is 0 Å². The number of carbonyl (C=O) groups is 1. The van der Waals surface area contributed by atoms with Crippen molar-refractivity contribution in [1.29, 1.82) is 0 Å². The topological polar surface area (TPSA) is 50.4 Å². The van der Waals surface area contributed by atoms with Gasteiger partial charge in [-0.2, -0.15) is 0 Å². The minimum Gasteiger partial charge on any atom is -0.494 e. The van der Waals surface area contributed by atoms with Gasteiger partial charge >= 0.3 is 0 Å². The third-order valence-corrected chi connectivity index (χ3v) is 2.10. The number of carbonyl (C=O) groups excluding carboxylic acids is 1. The highest BCUT2D eigenvalue weighted by Crippen LogP contribution is 2.30. The van der Waals surface area contributed by atoms with E-state index in [9.17, 15) is 4.79 Å². The molecular weight excluding hydrogens is 192 g/mol. The smallest absolute Gasteiger partial charge is 0.211 e. The zero-order valence-electron chi connectivity index (χ0n) is 9.26. The van der Waals surface area contributed by atoms with Gasteiger partial charge in [-0.1, -0.05) is 0 Å². The molecule has 1 aromatic carbocycles. The van der Waals surface area contributed by atoms with Crippen molar-refractivity contribution in [2.24, 2.45) is 0 Å². The number of benzene rings is 1. The maximum absolute atomic E-state index is 10.4. The summed E-state index contributed by atoms with van der Waals surface area (Å²) >= 11 is 0. The molecule has 0 aliphatic rings. The van der Waals surface area contributed by atoms with Crippen molar-refractivity contribution in [2.45, 2.75) is 13.8 Å². The van der Waals surface area contributed by atoms with E-state index in [-0.39, 0.29) is 0 Å². The normalized spacial score (nSPS) is 9.53. The molecule has 0 saturated carbocycles. The van der Waals surface area contributed by atoms with Crippen LogP contribution < -0.4 is 15.4 Å². The van der Waals surface area contributed by atoms with E-state index in [0.29, 0.717) is 13.0 Å². The highest BCUT2D eigenvalue weighted by Gasteiger charge is 2.06. The minimum absolute atomic E-state index is 0.629. The first-order chi connectivity index (χ1) is 7.22. The molecule has 15 heavy (non-hydrogen) atoms. The second-order valence-electron chi connectivity index (χ2n) is 3.11. The Kier molecular flexibility index (Phi) is 3.97. The summed E-state index contributed by atoms with van der Waals surface area (Å²) in [6, 6.07) is 3.76. The third-order valence-electron chi connectivity index (χ3n) is 2.10. The fraction of sp³-hybridized carbons (Fsp3) is 0.364. The lowest BCUT2D eigenvalue weighted by Gasteiger charge is -2.13. The number of nitrogens with one attached hydrogen (secondary N) is 2. The molecule has 1 aromatic rings. The molecule has 4 nitrogen and oxygen atoms in total. The minimum atomic E-state index is 0.629. The second kappa shape index (κ2) is 5.24. The van der Waals surface area contributed by atoms with Gasteiger partial charge in [0.1, 0.15) is 5.75 Å². The molecule has 0 saturated heterocycles. The van der Waals surface area contributed by atoms with Crippen LogP contribution in [0.15, 0.2) is 12.1 Å². The lowest BCUT2D eigenvalue weighted by atomic mass is 10.1. The van der Waals surface area contributed by atoms with Gasteiger partial charge in [-0.05, 0) is 25.5 Å². The molecule has 1 rings (SSSR count). The molecule has 0 aliphatic heterocycles. The number of hydrogen-bond donors (Lipinski definition) is 2. The lowest BCUT2D eigenvalue weighted by Crippen LogP contribution is -2.02. The van der Waals surface area contributed by atoms with E-state index in [1.807, 2.05) is 26.0 Å². The van der Waals surface area contributed by atoms with E-state index in [1.165, 1.54) is 0 Å². The van der Waals surface area contributed by atoms with E-state index < -0.39 is 0 Å². The number of rotatable bonds is 5. The SMILES string of the molecule is CCOc1cc(NC)c(NC=O)cc1C. The Morgan fingerprint density at radius 3 is 2.67 bits per heavy atom. The summed E-state index contributed by atoms with van der Waals surface area (Å²) in [6.45, 7) is 4.51. The maximum atomic E-state index is 10.4. The van der Waals surface area contributed by atoms with Crippen LogP contribution in [0.1, 0.15) is 12.5 Å². The van der Waals surface area contributed by atoms with E-state index in [1.54, 1.807) is 7.05 Å². The van der Waals surface area contributed by atoms with Crippen LogP contribution in [0, 0.1) is 6.92 Å². The van der Waals surface area contributed by atoms with Gasteiger partial charge in [-0.15, -0.1) is 0 Å². The lowest BCUT2D eigenvalue weighted by molar-refractivity contribution is -0.105. The monoisotopic (exact) mass is 208 g/mol. The molecule has 1 amide bonds. The molecule has 0 atom stereocenters. The van der Waals surface area contributed by atoms with Gasteiger partial charge in [0, 0.05) is 13.1 Å². The van der Waals surface area contributed by atoms with Crippen LogP contribution in [0.3, 0.4) is 0 Å². The van der Waals surface area contributed by atoms with Crippen molar-refractivity contribution in [2.75, 3.05) is 24.3 Å². The predicted molar refractivity (Wildman–Crippen MR) is 61.6 cm³/mol. The molecule has 0 aliphatic carbocycles. The van der Waals surface area contributed by atoms with Crippen molar-refractivity contribution in [3.63, 3.8) is 0 Å². The van der Waals surface area contributed by atoms with Crippen LogP contribution in [0.5, 0.6) is 5.75 Å². The van der Waals surface area contributed by atoms with Gasteiger partial charge < -0.3 is 15.4 Å². The first-order valence-electron chi connectivity index (χ1n) is 4.88. The standard InChI is InChI=1S/C11H16N2O2/c1-4-15-11-6-9(12-3)10(13-7-14)5-8(11)2/h5-7,12H,4H2,1-3H3,(H,13,14). The largest absolute Gasteiger partial charge is 0.494 e. The summed E-state index contributed by atoms with van der Waals surface area (Å²) in [5.74, 6) is 0.832. The average Bonchev–Trinajstić information content (AvgIpc) is 2.22. The molecule has 0 heterocycles. The Morgan fingerprint density at radius 2 is 2.13 bits per heavy atom. The molecule has 0 unspecified atom stereocenters. The quantitative estimate of drug-likeness (QED) is 0.728. The molecule has 0 spiro atoms. The predicted octanol–water partition coefficient (Wildman–Crippen LogP) is 2.00. The highest BCUT2D eigenvalue weighted by atomic mass is 16.5. The van der Waals surface area contributed by atoms with Crippen molar-refractivity contribution in [3.8, 4) is 5.75 Å². The van der Waals surface area contributed by atoms with E-state index >= 15 is 0 Å². The second-order valence-corrected chi connectivity index (χ2v) is 3.11.